The average Bonchev–Trinajstić information content (AvgIpc) is 2.23. The van der Waals surface area contributed by atoms with E-state index in [2.05, 4.69) is 10.6 Å². The van der Waals surface area contributed by atoms with Crippen molar-refractivity contribution in [1.29, 1.82) is 0 Å². The maximum absolute atomic E-state index is 11.8. The number of hydrogen-bond donors (Lipinski definition) is 3. The van der Waals surface area contributed by atoms with E-state index in [0.29, 0.717) is 13.0 Å². The summed E-state index contributed by atoms with van der Waals surface area (Å²) < 4.78 is 5.42. The molecule has 6 nitrogen and oxygen atoms in total. The van der Waals surface area contributed by atoms with Gasteiger partial charge in [-0.05, 0) is 40.0 Å². The predicted octanol–water partition coefficient (Wildman–Crippen LogP) is 1.50. The molecule has 1 aliphatic rings. The minimum absolute atomic E-state index is 0.0448. The van der Waals surface area contributed by atoms with E-state index in [9.17, 15) is 9.59 Å². The Bertz CT molecular complexity index is 325. The molecule has 0 heterocycles. The van der Waals surface area contributed by atoms with Gasteiger partial charge in [0.15, 0.2) is 0 Å². The molecule has 1 fully saturated rings. The first-order valence-corrected chi connectivity index (χ1v) is 6.74. The number of rotatable bonds is 7. The highest BCUT2D eigenvalue weighted by Gasteiger charge is 2.31. The Labute approximate surface area is 113 Å². The van der Waals surface area contributed by atoms with Gasteiger partial charge in [0.1, 0.15) is 0 Å². The molecule has 6 heteroatoms. The van der Waals surface area contributed by atoms with E-state index in [4.69, 9.17) is 9.84 Å². The lowest BCUT2D eigenvalue weighted by Gasteiger charge is -2.36. The standard InChI is InChI=1S/C13H24N2O4/c1-4-19-10-7-9(8-10)14-12(18)15-13(2,3)6-5-11(16)17/h9-10H,4-8H2,1-3H3,(H,16,17)(H2,14,15,18). The Morgan fingerprint density at radius 1 is 1.37 bits per heavy atom. The lowest BCUT2D eigenvalue weighted by Crippen LogP contribution is -2.55. The molecule has 3 N–H and O–H groups in total. The second-order valence-corrected chi connectivity index (χ2v) is 5.62. The van der Waals surface area contributed by atoms with Gasteiger partial charge in [-0.2, -0.15) is 0 Å². The van der Waals surface area contributed by atoms with Crippen LogP contribution in [0.25, 0.3) is 0 Å². The average molecular weight is 272 g/mol. The normalized spacial score (nSPS) is 22.5. The number of ether oxygens (including phenoxy) is 1. The summed E-state index contributed by atoms with van der Waals surface area (Å²) in [5, 5.41) is 14.3. The molecular weight excluding hydrogens is 248 g/mol. The Morgan fingerprint density at radius 3 is 2.53 bits per heavy atom. The number of urea groups is 1. The molecule has 1 rings (SSSR count). The summed E-state index contributed by atoms with van der Waals surface area (Å²) in [7, 11) is 0. The van der Waals surface area contributed by atoms with Crippen LogP contribution < -0.4 is 10.6 Å². The van der Waals surface area contributed by atoms with Crippen molar-refractivity contribution in [2.45, 2.75) is 64.1 Å². The molecule has 0 aliphatic heterocycles. The first kappa shape index (κ1) is 15.8. The monoisotopic (exact) mass is 272 g/mol. The van der Waals surface area contributed by atoms with Crippen molar-refractivity contribution in [1.82, 2.24) is 10.6 Å². The Hall–Kier alpha value is -1.30. The molecule has 1 saturated carbocycles. The largest absolute Gasteiger partial charge is 0.481 e. The third-order valence-electron chi connectivity index (χ3n) is 3.25. The number of carbonyl (C=O) groups is 2. The second-order valence-electron chi connectivity index (χ2n) is 5.62. The first-order valence-electron chi connectivity index (χ1n) is 6.74. The van der Waals surface area contributed by atoms with Gasteiger partial charge in [0.05, 0.1) is 6.10 Å². The number of carbonyl (C=O) groups excluding carboxylic acids is 1. The molecule has 0 aromatic rings. The highest BCUT2D eigenvalue weighted by atomic mass is 16.5. The minimum atomic E-state index is -0.853. The SMILES string of the molecule is CCOC1CC(NC(=O)NC(C)(C)CCC(=O)O)C1. The van der Waals surface area contributed by atoms with Crippen LogP contribution in [-0.4, -0.2) is 41.4 Å². The summed E-state index contributed by atoms with van der Waals surface area (Å²) in [6.07, 6.45) is 2.40. The molecule has 0 aromatic heterocycles. The Kier molecular flexibility index (Phi) is 5.60. The molecule has 1 aliphatic carbocycles. The van der Waals surface area contributed by atoms with Crippen molar-refractivity contribution in [3.8, 4) is 0 Å². The topological polar surface area (TPSA) is 87.7 Å². The van der Waals surface area contributed by atoms with Gasteiger partial charge >= 0.3 is 12.0 Å². The fraction of sp³-hybridized carbons (Fsp3) is 0.846. The second kappa shape index (κ2) is 6.75. The van der Waals surface area contributed by atoms with E-state index >= 15 is 0 Å². The van der Waals surface area contributed by atoms with E-state index in [1.807, 2.05) is 20.8 Å². The zero-order valence-corrected chi connectivity index (χ0v) is 11.9. The van der Waals surface area contributed by atoms with E-state index < -0.39 is 11.5 Å². The molecule has 0 radical (unpaired) electrons. The van der Waals surface area contributed by atoms with Crippen LogP contribution in [-0.2, 0) is 9.53 Å². The Morgan fingerprint density at radius 2 is 2.00 bits per heavy atom. The van der Waals surface area contributed by atoms with Crippen molar-refractivity contribution in [2.24, 2.45) is 0 Å². The van der Waals surface area contributed by atoms with Crippen LogP contribution in [0.5, 0.6) is 0 Å². The van der Waals surface area contributed by atoms with Gasteiger partial charge < -0.3 is 20.5 Å². The maximum atomic E-state index is 11.8. The quantitative estimate of drug-likeness (QED) is 0.655. The van der Waals surface area contributed by atoms with Crippen molar-refractivity contribution in [3.05, 3.63) is 0 Å². The van der Waals surface area contributed by atoms with Crippen LogP contribution in [0.2, 0.25) is 0 Å². The molecule has 0 aromatic carbocycles. The Balaban J connectivity index is 2.22. The zero-order chi connectivity index (χ0) is 14.5. The maximum Gasteiger partial charge on any atom is 0.315 e. The van der Waals surface area contributed by atoms with Crippen molar-refractivity contribution < 1.29 is 19.4 Å². The van der Waals surface area contributed by atoms with Crippen LogP contribution in [0.3, 0.4) is 0 Å². The summed E-state index contributed by atoms with van der Waals surface area (Å²) in [4.78, 5) is 22.3. The number of aliphatic carboxylic acids is 1. The highest BCUT2D eigenvalue weighted by Crippen LogP contribution is 2.23. The van der Waals surface area contributed by atoms with Gasteiger partial charge in [-0.25, -0.2) is 4.79 Å². The summed E-state index contributed by atoms with van der Waals surface area (Å²) in [6, 6.07) is -0.0813. The molecule has 0 spiro atoms. The fourth-order valence-corrected chi connectivity index (χ4v) is 2.07. The van der Waals surface area contributed by atoms with Gasteiger partial charge in [-0.3, -0.25) is 4.79 Å². The summed E-state index contributed by atoms with van der Waals surface area (Å²) >= 11 is 0. The number of carboxylic acid groups (broad SMARTS) is 1. The van der Waals surface area contributed by atoms with Gasteiger partial charge in [-0.15, -0.1) is 0 Å². The minimum Gasteiger partial charge on any atom is -0.481 e. The van der Waals surface area contributed by atoms with Crippen LogP contribution in [0.4, 0.5) is 4.79 Å². The summed E-state index contributed by atoms with van der Waals surface area (Å²) in [5.74, 6) is -0.853. The summed E-state index contributed by atoms with van der Waals surface area (Å²) in [6.45, 7) is 6.29. The molecule has 110 valence electrons. The molecule has 0 saturated heterocycles. The van der Waals surface area contributed by atoms with Crippen LogP contribution in [0, 0.1) is 0 Å². The first-order chi connectivity index (χ1) is 8.82. The number of amides is 2. The predicted molar refractivity (Wildman–Crippen MR) is 71.1 cm³/mol. The number of carboxylic acids is 1. The molecule has 19 heavy (non-hydrogen) atoms. The smallest absolute Gasteiger partial charge is 0.315 e. The van der Waals surface area contributed by atoms with Crippen LogP contribution >= 0.6 is 0 Å². The van der Waals surface area contributed by atoms with Crippen molar-refractivity contribution in [2.75, 3.05) is 6.61 Å². The number of hydrogen-bond acceptors (Lipinski definition) is 3. The van der Waals surface area contributed by atoms with Crippen LogP contribution in [0.15, 0.2) is 0 Å². The molecule has 0 unspecified atom stereocenters. The molecule has 0 bridgehead atoms. The lowest BCUT2D eigenvalue weighted by molar-refractivity contribution is -0.137. The molecule has 2 amide bonds. The number of nitrogens with one attached hydrogen (secondary N) is 2. The van der Waals surface area contributed by atoms with E-state index in [1.54, 1.807) is 0 Å². The van der Waals surface area contributed by atoms with Gasteiger partial charge in [0.25, 0.3) is 0 Å². The third kappa shape index (κ3) is 5.92. The van der Waals surface area contributed by atoms with E-state index in [-0.39, 0.29) is 24.6 Å². The lowest BCUT2D eigenvalue weighted by atomic mass is 9.89. The molecule has 0 atom stereocenters. The van der Waals surface area contributed by atoms with Gasteiger partial charge in [0.2, 0.25) is 0 Å². The molecular formula is C13H24N2O4. The van der Waals surface area contributed by atoms with E-state index in [1.165, 1.54) is 0 Å². The van der Waals surface area contributed by atoms with Gasteiger partial charge in [-0.1, -0.05) is 0 Å². The van der Waals surface area contributed by atoms with Gasteiger partial charge in [0, 0.05) is 24.6 Å². The van der Waals surface area contributed by atoms with Crippen molar-refractivity contribution in [3.63, 3.8) is 0 Å². The highest BCUT2D eigenvalue weighted by molar-refractivity contribution is 5.75. The zero-order valence-electron chi connectivity index (χ0n) is 11.9. The summed E-state index contributed by atoms with van der Waals surface area (Å²) in [5.41, 5.74) is -0.522. The van der Waals surface area contributed by atoms with E-state index in [0.717, 1.165) is 12.8 Å². The fourth-order valence-electron chi connectivity index (χ4n) is 2.07. The van der Waals surface area contributed by atoms with Crippen LogP contribution in [0.1, 0.15) is 46.5 Å². The third-order valence-corrected chi connectivity index (χ3v) is 3.25. The van der Waals surface area contributed by atoms with Crippen molar-refractivity contribution >= 4 is 12.0 Å².